The quantitative estimate of drug-likeness (QED) is 0.827. The lowest BCUT2D eigenvalue weighted by molar-refractivity contribution is 0.598. The molecular weight excluding hydrogens is 306 g/mol. The van der Waals surface area contributed by atoms with Crippen molar-refractivity contribution in [3.05, 3.63) is 18.2 Å². The predicted molar refractivity (Wildman–Crippen MR) is 87.0 cm³/mol. The topological polar surface area (TPSA) is 78.0 Å². The maximum Gasteiger partial charge on any atom is 0.238 e. The van der Waals surface area contributed by atoms with E-state index in [9.17, 15) is 8.42 Å². The number of hydrogen-bond acceptors (Lipinski definition) is 4. The van der Waals surface area contributed by atoms with E-state index in [0.717, 1.165) is 30.1 Å². The highest BCUT2D eigenvalue weighted by molar-refractivity contribution is 7.99. The molecule has 0 bridgehead atoms. The summed E-state index contributed by atoms with van der Waals surface area (Å²) in [6, 6.07) is 4.89. The fraction of sp³-hybridized carbons (Fsp3) is 0.500. The van der Waals surface area contributed by atoms with Crippen LogP contribution >= 0.6 is 11.8 Å². The lowest BCUT2D eigenvalue weighted by Crippen LogP contribution is -2.11. The number of imidazole rings is 1. The number of nitrogens with zero attached hydrogens (tertiary/aromatic N) is 2. The Morgan fingerprint density at radius 3 is 2.67 bits per heavy atom. The van der Waals surface area contributed by atoms with Crippen LogP contribution in [0.1, 0.15) is 33.6 Å². The van der Waals surface area contributed by atoms with Crippen molar-refractivity contribution >= 4 is 32.8 Å². The third-order valence-electron chi connectivity index (χ3n) is 3.34. The lowest BCUT2D eigenvalue weighted by atomic mass is 10.3. The largest absolute Gasteiger partial charge is 0.319 e. The molecule has 0 saturated carbocycles. The standard InChI is InChI=1S/C14H21N3O2S2/c1-4-8-17-13-7-6-11(21(15,18)19)9-12(13)16-14(17)20-10(3)5-2/h6-7,9-10H,4-5,8H2,1-3H3,(H2,15,18,19)/t10-/m1/s1. The number of sulfonamides is 1. The summed E-state index contributed by atoms with van der Waals surface area (Å²) in [5, 5.41) is 6.59. The fourth-order valence-electron chi connectivity index (χ4n) is 2.06. The van der Waals surface area contributed by atoms with E-state index in [1.54, 1.807) is 30.0 Å². The molecule has 116 valence electrons. The van der Waals surface area contributed by atoms with Crippen LogP contribution in [0.15, 0.2) is 28.3 Å². The molecule has 0 spiro atoms. The van der Waals surface area contributed by atoms with Crippen LogP contribution in [0.3, 0.4) is 0 Å². The van der Waals surface area contributed by atoms with Gasteiger partial charge in [-0.15, -0.1) is 0 Å². The Kier molecular flexibility index (Phi) is 4.95. The number of thioether (sulfide) groups is 1. The number of primary sulfonamides is 1. The molecule has 2 N–H and O–H groups in total. The first-order valence-electron chi connectivity index (χ1n) is 7.06. The molecule has 5 nitrogen and oxygen atoms in total. The second-order valence-electron chi connectivity index (χ2n) is 5.08. The smallest absolute Gasteiger partial charge is 0.238 e. The minimum atomic E-state index is -3.69. The fourth-order valence-corrected chi connectivity index (χ4v) is 3.59. The van der Waals surface area contributed by atoms with Crippen LogP contribution in [0.4, 0.5) is 0 Å². The number of benzene rings is 1. The van der Waals surface area contributed by atoms with Gasteiger partial charge < -0.3 is 4.57 Å². The Morgan fingerprint density at radius 1 is 1.38 bits per heavy atom. The Morgan fingerprint density at radius 2 is 2.10 bits per heavy atom. The maximum atomic E-state index is 11.5. The number of hydrogen-bond donors (Lipinski definition) is 1. The zero-order valence-electron chi connectivity index (χ0n) is 12.5. The average molecular weight is 327 g/mol. The Labute approximate surface area is 130 Å². The third-order valence-corrected chi connectivity index (χ3v) is 5.51. The number of aryl methyl sites for hydroxylation is 1. The second kappa shape index (κ2) is 6.37. The van der Waals surface area contributed by atoms with Gasteiger partial charge in [-0.2, -0.15) is 0 Å². The van der Waals surface area contributed by atoms with Crippen molar-refractivity contribution in [1.29, 1.82) is 0 Å². The Hall–Kier alpha value is -1.05. The van der Waals surface area contributed by atoms with Crippen molar-refractivity contribution in [2.75, 3.05) is 0 Å². The molecule has 0 radical (unpaired) electrons. The summed E-state index contributed by atoms with van der Waals surface area (Å²) in [5.41, 5.74) is 1.64. The summed E-state index contributed by atoms with van der Waals surface area (Å²) >= 11 is 1.72. The normalized spacial score (nSPS) is 13.7. The van der Waals surface area contributed by atoms with Crippen molar-refractivity contribution in [1.82, 2.24) is 9.55 Å². The highest BCUT2D eigenvalue weighted by Gasteiger charge is 2.16. The molecule has 0 fully saturated rings. The summed E-state index contributed by atoms with van der Waals surface area (Å²) in [5.74, 6) is 0. The van der Waals surface area contributed by atoms with E-state index >= 15 is 0 Å². The molecule has 1 aromatic heterocycles. The third kappa shape index (κ3) is 3.59. The summed E-state index contributed by atoms with van der Waals surface area (Å²) in [6.07, 6.45) is 2.05. The number of fused-ring (bicyclic) bond motifs is 1. The highest BCUT2D eigenvalue weighted by atomic mass is 32.2. The van der Waals surface area contributed by atoms with Crippen LogP contribution in [0.5, 0.6) is 0 Å². The van der Waals surface area contributed by atoms with Gasteiger partial charge in [0.1, 0.15) is 0 Å². The van der Waals surface area contributed by atoms with Crippen molar-refractivity contribution in [3.8, 4) is 0 Å². The van der Waals surface area contributed by atoms with E-state index < -0.39 is 10.0 Å². The number of nitrogens with two attached hydrogens (primary N) is 1. The maximum absolute atomic E-state index is 11.5. The summed E-state index contributed by atoms with van der Waals surface area (Å²) < 4.78 is 25.1. The van der Waals surface area contributed by atoms with Crippen LogP contribution in [-0.4, -0.2) is 23.2 Å². The molecule has 0 amide bonds. The van der Waals surface area contributed by atoms with Gasteiger partial charge in [0.05, 0.1) is 15.9 Å². The van der Waals surface area contributed by atoms with Crippen LogP contribution in [0.2, 0.25) is 0 Å². The molecule has 21 heavy (non-hydrogen) atoms. The second-order valence-corrected chi connectivity index (χ2v) is 8.05. The predicted octanol–water partition coefficient (Wildman–Crippen LogP) is 2.98. The van der Waals surface area contributed by atoms with Gasteiger partial charge in [-0.05, 0) is 31.0 Å². The summed E-state index contributed by atoms with van der Waals surface area (Å²) in [4.78, 5) is 4.71. The van der Waals surface area contributed by atoms with E-state index in [4.69, 9.17) is 5.14 Å². The van der Waals surface area contributed by atoms with Gasteiger partial charge in [-0.25, -0.2) is 18.5 Å². The van der Waals surface area contributed by atoms with Crippen molar-refractivity contribution in [2.45, 2.75) is 55.5 Å². The molecule has 0 aliphatic carbocycles. The van der Waals surface area contributed by atoms with Gasteiger partial charge in [0.25, 0.3) is 0 Å². The summed E-state index contributed by atoms with van der Waals surface area (Å²) in [6.45, 7) is 7.28. The van der Waals surface area contributed by atoms with Crippen molar-refractivity contribution in [2.24, 2.45) is 5.14 Å². The van der Waals surface area contributed by atoms with Crippen LogP contribution in [0, 0.1) is 0 Å². The monoisotopic (exact) mass is 327 g/mol. The molecule has 1 atom stereocenters. The first kappa shape index (κ1) is 16.3. The first-order chi connectivity index (χ1) is 9.86. The van der Waals surface area contributed by atoms with E-state index in [-0.39, 0.29) is 4.90 Å². The zero-order chi connectivity index (χ0) is 15.6. The van der Waals surface area contributed by atoms with Gasteiger partial charge in [0.15, 0.2) is 5.16 Å². The van der Waals surface area contributed by atoms with E-state index in [2.05, 4.69) is 30.3 Å². The SMILES string of the molecule is CCCn1c(S[C@H](C)CC)nc2cc(S(N)(=O)=O)ccc21. The Balaban J connectivity index is 2.55. The molecule has 0 unspecified atom stereocenters. The van der Waals surface area contributed by atoms with Gasteiger partial charge in [0, 0.05) is 11.8 Å². The minimum absolute atomic E-state index is 0.108. The van der Waals surface area contributed by atoms with Gasteiger partial charge in [0.2, 0.25) is 10.0 Å². The molecule has 2 aromatic rings. The molecule has 1 heterocycles. The van der Waals surface area contributed by atoms with Crippen LogP contribution in [0.25, 0.3) is 11.0 Å². The van der Waals surface area contributed by atoms with E-state index in [1.807, 2.05) is 0 Å². The van der Waals surface area contributed by atoms with Crippen molar-refractivity contribution < 1.29 is 8.42 Å². The zero-order valence-corrected chi connectivity index (χ0v) is 14.2. The van der Waals surface area contributed by atoms with Crippen LogP contribution in [-0.2, 0) is 16.6 Å². The number of aromatic nitrogens is 2. The number of rotatable bonds is 6. The lowest BCUT2D eigenvalue weighted by Gasteiger charge is -2.10. The molecule has 0 aliphatic heterocycles. The molecule has 0 aliphatic rings. The summed E-state index contributed by atoms with van der Waals surface area (Å²) in [7, 11) is -3.69. The molecule has 0 saturated heterocycles. The molecule has 2 rings (SSSR count). The molecule has 7 heteroatoms. The van der Waals surface area contributed by atoms with Gasteiger partial charge in [-0.3, -0.25) is 0 Å². The molecular formula is C14H21N3O2S2. The van der Waals surface area contributed by atoms with Gasteiger partial charge in [-0.1, -0.05) is 32.5 Å². The van der Waals surface area contributed by atoms with Crippen LogP contribution < -0.4 is 5.14 Å². The average Bonchev–Trinajstić information content (AvgIpc) is 2.75. The van der Waals surface area contributed by atoms with Crippen molar-refractivity contribution in [3.63, 3.8) is 0 Å². The van der Waals surface area contributed by atoms with E-state index in [0.29, 0.717) is 10.8 Å². The van der Waals surface area contributed by atoms with Gasteiger partial charge >= 0.3 is 0 Å². The minimum Gasteiger partial charge on any atom is -0.319 e. The highest BCUT2D eigenvalue weighted by Crippen LogP contribution is 2.29. The van der Waals surface area contributed by atoms with E-state index in [1.165, 1.54) is 0 Å². The molecule has 1 aromatic carbocycles. The Bertz CT molecular complexity index is 738. The first-order valence-corrected chi connectivity index (χ1v) is 9.49.